The summed E-state index contributed by atoms with van der Waals surface area (Å²) in [5.41, 5.74) is 8.08. The molecule has 146 valence electrons. The van der Waals surface area contributed by atoms with E-state index in [0.29, 0.717) is 12.8 Å². The first kappa shape index (κ1) is 21.6. The van der Waals surface area contributed by atoms with Crippen LogP contribution < -0.4 is 10.6 Å². The fourth-order valence-corrected chi connectivity index (χ4v) is 2.24. The van der Waals surface area contributed by atoms with E-state index in [0.717, 1.165) is 17.1 Å². The Hall–Kier alpha value is -3.40. The summed E-state index contributed by atoms with van der Waals surface area (Å²) < 4.78 is 0. The topological polar surface area (TPSA) is 182 Å². The highest BCUT2D eigenvalue weighted by Crippen LogP contribution is 2.05. The van der Waals surface area contributed by atoms with Gasteiger partial charge in [-0.25, -0.2) is 4.79 Å². The van der Waals surface area contributed by atoms with Crippen molar-refractivity contribution in [3.8, 4) is 0 Å². The SMILES string of the molecule is [N-]=[N+]=NCC(=O)NCCCC[C@H](NC(=O)CCN1C(=O)C=CC1=O)C(=O)O. The Bertz CT molecular complexity index is 666. The summed E-state index contributed by atoms with van der Waals surface area (Å²) in [5.74, 6) is -3.24. The van der Waals surface area contributed by atoms with Gasteiger partial charge in [-0.1, -0.05) is 5.11 Å². The van der Waals surface area contributed by atoms with Crippen LogP contribution in [0.5, 0.6) is 0 Å². The number of carboxylic acid groups (broad SMARTS) is 1. The zero-order valence-corrected chi connectivity index (χ0v) is 14.5. The van der Waals surface area contributed by atoms with E-state index in [1.54, 1.807) is 0 Å². The number of aliphatic carboxylic acids is 1. The second-order valence-corrected chi connectivity index (χ2v) is 5.60. The highest BCUT2D eigenvalue weighted by Gasteiger charge is 2.25. The molecule has 0 aromatic heterocycles. The van der Waals surface area contributed by atoms with Gasteiger partial charge in [0, 0.05) is 36.6 Å². The lowest BCUT2D eigenvalue weighted by Gasteiger charge is -2.16. The molecule has 1 rings (SSSR count). The minimum atomic E-state index is -1.20. The van der Waals surface area contributed by atoms with Gasteiger partial charge in [-0.2, -0.15) is 0 Å². The van der Waals surface area contributed by atoms with E-state index in [1.807, 2.05) is 0 Å². The Labute approximate surface area is 154 Å². The lowest BCUT2D eigenvalue weighted by atomic mass is 10.1. The van der Waals surface area contributed by atoms with Crippen molar-refractivity contribution in [2.45, 2.75) is 31.7 Å². The van der Waals surface area contributed by atoms with Gasteiger partial charge in [0.25, 0.3) is 11.8 Å². The lowest BCUT2D eigenvalue weighted by Crippen LogP contribution is -2.42. The molecule has 0 bridgehead atoms. The number of azide groups is 1. The average molecular weight is 380 g/mol. The Morgan fingerprint density at radius 2 is 1.85 bits per heavy atom. The van der Waals surface area contributed by atoms with Gasteiger partial charge in [0.1, 0.15) is 12.6 Å². The average Bonchev–Trinajstić information content (AvgIpc) is 2.94. The summed E-state index contributed by atoms with van der Waals surface area (Å²) in [5, 5.41) is 17.1. The number of hydrogen-bond acceptors (Lipinski definition) is 6. The van der Waals surface area contributed by atoms with Crippen LogP contribution in [0.4, 0.5) is 0 Å². The molecule has 27 heavy (non-hydrogen) atoms. The molecule has 3 N–H and O–H groups in total. The Morgan fingerprint density at radius 1 is 1.19 bits per heavy atom. The monoisotopic (exact) mass is 380 g/mol. The molecule has 12 heteroatoms. The van der Waals surface area contributed by atoms with Gasteiger partial charge in [-0.05, 0) is 24.8 Å². The van der Waals surface area contributed by atoms with Gasteiger partial charge in [0.2, 0.25) is 11.8 Å². The van der Waals surface area contributed by atoms with E-state index in [9.17, 15) is 24.0 Å². The van der Waals surface area contributed by atoms with Crippen LogP contribution in [0.15, 0.2) is 17.3 Å². The largest absolute Gasteiger partial charge is 0.480 e. The van der Waals surface area contributed by atoms with Crippen molar-refractivity contribution >= 4 is 29.6 Å². The van der Waals surface area contributed by atoms with E-state index in [1.165, 1.54) is 0 Å². The number of carboxylic acids is 1. The maximum Gasteiger partial charge on any atom is 0.326 e. The highest BCUT2D eigenvalue weighted by molar-refractivity contribution is 6.13. The summed E-state index contributed by atoms with van der Waals surface area (Å²) in [6.07, 6.45) is 3.06. The van der Waals surface area contributed by atoms with E-state index >= 15 is 0 Å². The molecule has 1 atom stereocenters. The van der Waals surface area contributed by atoms with Gasteiger partial charge in [0.05, 0.1) is 0 Å². The summed E-state index contributed by atoms with van der Waals surface area (Å²) in [7, 11) is 0. The summed E-state index contributed by atoms with van der Waals surface area (Å²) in [4.78, 5) is 60.4. The van der Waals surface area contributed by atoms with Crippen LogP contribution >= 0.6 is 0 Å². The predicted octanol–water partition coefficient (Wildman–Crippen LogP) is -0.532. The minimum Gasteiger partial charge on any atom is -0.480 e. The van der Waals surface area contributed by atoms with Crippen molar-refractivity contribution in [1.29, 1.82) is 0 Å². The van der Waals surface area contributed by atoms with E-state index in [2.05, 4.69) is 20.7 Å². The second kappa shape index (κ2) is 11.3. The molecule has 0 fully saturated rings. The van der Waals surface area contributed by atoms with Crippen LogP contribution in [-0.2, 0) is 24.0 Å². The molecule has 0 aliphatic carbocycles. The quantitative estimate of drug-likeness (QED) is 0.134. The zero-order chi connectivity index (χ0) is 20.2. The zero-order valence-electron chi connectivity index (χ0n) is 14.5. The molecule has 0 radical (unpaired) electrons. The smallest absolute Gasteiger partial charge is 0.326 e. The van der Waals surface area contributed by atoms with Crippen LogP contribution in [0.25, 0.3) is 10.4 Å². The van der Waals surface area contributed by atoms with Crippen molar-refractivity contribution in [3.63, 3.8) is 0 Å². The van der Waals surface area contributed by atoms with Crippen molar-refractivity contribution < 1.29 is 29.1 Å². The van der Waals surface area contributed by atoms with Crippen LogP contribution in [0.2, 0.25) is 0 Å². The maximum absolute atomic E-state index is 11.9. The number of rotatable bonds is 12. The first-order chi connectivity index (χ1) is 12.8. The molecule has 12 nitrogen and oxygen atoms in total. The lowest BCUT2D eigenvalue weighted by molar-refractivity contribution is -0.143. The molecular weight excluding hydrogens is 360 g/mol. The Balaban J connectivity index is 2.28. The summed E-state index contributed by atoms with van der Waals surface area (Å²) in [6.45, 7) is -0.145. The van der Waals surface area contributed by atoms with Crippen LogP contribution in [0.1, 0.15) is 25.7 Å². The molecular formula is C15H20N6O6. The molecule has 4 amide bonds. The predicted molar refractivity (Wildman–Crippen MR) is 90.9 cm³/mol. The van der Waals surface area contributed by atoms with Crippen LogP contribution in [0, 0.1) is 0 Å². The fraction of sp³-hybridized carbons (Fsp3) is 0.533. The molecule has 0 spiro atoms. The number of hydrogen-bond donors (Lipinski definition) is 3. The number of unbranched alkanes of at least 4 members (excludes halogenated alkanes) is 1. The van der Waals surface area contributed by atoms with E-state index in [4.69, 9.17) is 10.6 Å². The number of imide groups is 1. The molecule has 0 saturated carbocycles. The first-order valence-corrected chi connectivity index (χ1v) is 8.18. The summed E-state index contributed by atoms with van der Waals surface area (Å²) >= 11 is 0. The third-order valence-corrected chi connectivity index (χ3v) is 3.62. The van der Waals surface area contributed by atoms with E-state index < -0.39 is 35.6 Å². The van der Waals surface area contributed by atoms with Crippen molar-refractivity contribution in [1.82, 2.24) is 15.5 Å². The van der Waals surface area contributed by atoms with Gasteiger partial charge >= 0.3 is 5.97 Å². The fourth-order valence-electron chi connectivity index (χ4n) is 2.24. The molecule has 0 saturated heterocycles. The Kier molecular flexibility index (Phi) is 9.03. The number of carbonyl (C=O) groups is 5. The van der Waals surface area contributed by atoms with Gasteiger partial charge < -0.3 is 15.7 Å². The normalized spacial score (nSPS) is 13.9. The van der Waals surface area contributed by atoms with Crippen molar-refractivity contribution in [3.05, 3.63) is 22.6 Å². The Morgan fingerprint density at radius 3 is 2.44 bits per heavy atom. The number of nitrogens with zero attached hydrogens (tertiary/aromatic N) is 4. The number of carbonyl (C=O) groups excluding carboxylic acids is 4. The van der Waals surface area contributed by atoms with Crippen LogP contribution in [0.3, 0.4) is 0 Å². The van der Waals surface area contributed by atoms with Crippen molar-refractivity contribution in [2.24, 2.45) is 5.11 Å². The van der Waals surface area contributed by atoms with Gasteiger partial charge in [-0.3, -0.25) is 24.1 Å². The highest BCUT2D eigenvalue weighted by atomic mass is 16.4. The molecule has 1 aliphatic rings. The molecule has 0 aromatic carbocycles. The maximum atomic E-state index is 11.9. The third kappa shape index (κ3) is 8.01. The molecule has 1 aliphatic heterocycles. The first-order valence-electron chi connectivity index (χ1n) is 8.18. The van der Waals surface area contributed by atoms with E-state index in [-0.39, 0.29) is 32.5 Å². The van der Waals surface area contributed by atoms with Gasteiger partial charge in [-0.15, -0.1) is 0 Å². The minimum absolute atomic E-state index is 0.125. The molecule has 1 heterocycles. The summed E-state index contributed by atoms with van der Waals surface area (Å²) in [6, 6.07) is -1.11. The molecule has 0 unspecified atom stereocenters. The number of amides is 4. The third-order valence-electron chi connectivity index (χ3n) is 3.62. The van der Waals surface area contributed by atoms with Gasteiger partial charge in [0.15, 0.2) is 0 Å². The number of nitrogens with one attached hydrogen (secondary N) is 2. The second-order valence-electron chi connectivity index (χ2n) is 5.60. The molecule has 0 aromatic rings. The standard InChI is InChI=1S/C15H20N6O6/c16-20-18-9-12(23)17-7-2-1-3-10(15(26)27)19-11(22)6-8-21-13(24)4-5-14(21)25/h4-5,10H,1-3,6-9H2,(H,17,23)(H,19,22)(H,26,27)/t10-/m0/s1. The van der Waals surface area contributed by atoms with Crippen LogP contribution in [-0.4, -0.2) is 65.3 Å². The van der Waals surface area contributed by atoms with Crippen molar-refractivity contribution in [2.75, 3.05) is 19.6 Å².